The Labute approximate surface area is 103 Å². The van der Waals surface area contributed by atoms with E-state index in [1.165, 1.54) is 11.3 Å². The molecule has 0 aliphatic carbocycles. The number of phenolic OH excluding ortho intramolecular Hbond substituents is 1. The van der Waals surface area contributed by atoms with E-state index in [-0.39, 0.29) is 11.7 Å². The van der Waals surface area contributed by atoms with Crippen molar-refractivity contribution in [1.29, 1.82) is 0 Å². The minimum Gasteiger partial charge on any atom is -0.508 e. The third-order valence-electron chi connectivity index (χ3n) is 2.35. The minimum absolute atomic E-state index is 0.0978. The van der Waals surface area contributed by atoms with Gasteiger partial charge in [0.25, 0.3) is 5.91 Å². The first-order valence-corrected chi connectivity index (χ1v) is 6.02. The molecule has 5 heteroatoms. The maximum atomic E-state index is 11.9. The molecule has 0 fully saturated rings. The molecule has 1 N–H and O–H groups in total. The Morgan fingerprint density at radius 2 is 2.12 bits per heavy atom. The van der Waals surface area contributed by atoms with Crippen LogP contribution in [0.25, 0.3) is 0 Å². The van der Waals surface area contributed by atoms with E-state index in [0.717, 1.165) is 5.56 Å². The normalized spacial score (nSPS) is 10.2. The molecule has 0 aliphatic heterocycles. The second-order valence-corrected chi connectivity index (χ2v) is 4.42. The average molecular weight is 248 g/mol. The first kappa shape index (κ1) is 11.6. The molecule has 1 heterocycles. The van der Waals surface area contributed by atoms with Crippen molar-refractivity contribution in [2.24, 2.45) is 0 Å². The third kappa shape index (κ3) is 2.82. The molecule has 88 valence electrons. The van der Waals surface area contributed by atoms with Crippen LogP contribution in [-0.4, -0.2) is 27.9 Å². The first-order chi connectivity index (χ1) is 8.16. The Kier molecular flexibility index (Phi) is 3.39. The number of hydrogen-bond donors (Lipinski definition) is 1. The van der Waals surface area contributed by atoms with Crippen LogP contribution in [0.2, 0.25) is 0 Å². The van der Waals surface area contributed by atoms with Gasteiger partial charge >= 0.3 is 0 Å². The van der Waals surface area contributed by atoms with Crippen LogP contribution in [0.15, 0.2) is 35.2 Å². The van der Waals surface area contributed by atoms with E-state index in [1.54, 1.807) is 47.1 Å². The number of carbonyl (C=O) groups excluding carboxylic acids is 1. The van der Waals surface area contributed by atoms with Crippen molar-refractivity contribution in [2.75, 3.05) is 7.05 Å². The van der Waals surface area contributed by atoms with Gasteiger partial charge in [-0.25, -0.2) is 4.98 Å². The summed E-state index contributed by atoms with van der Waals surface area (Å²) < 4.78 is 0. The van der Waals surface area contributed by atoms with E-state index in [9.17, 15) is 4.79 Å². The topological polar surface area (TPSA) is 53.4 Å². The van der Waals surface area contributed by atoms with Crippen molar-refractivity contribution in [3.63, 3.8) is 0 Å². The largest absolute Gasteiger partial charge is 0.508 e. The zero-order valence-electron chi connectivity index (χ0n) is 9.33. The summed E-state index contributed by atoms with van der Waals surface area (Å²) in [6, 6.07) is 6.80. The molecule has 0 saturated heterocycles. The molecule has 1 aromatic carbocycles. The molecule has 0 radical (unpaired) electrons. The first-order valence-electron chi connectivity index (χ1n) is 5.08. The number of nitrogens with zero attached hydrogens (tertiary/aromatic N) is 2. The summed E-state index contributed by atoms with van der Waals surface area (Å²) in [6.45, 7) is 0.497. The van der Waals surface area contributed by atoms with Gasteiger partial charge in [0.1, 0.15) is 11.4 Å². The smallest absolute Gasteiger partial charge is 0.273 e. The Bertz CT molecular complexity index is 494. The molecule has 0 spiro atoms. The van der Waals surface area contributed by atoms with Crippen molar-refractivity contribution in [2.45, 2.75) is 6.54 Å². The molecule has 0 unspecified atom stereocenters. The number of hydrogen-bond acceptors (Lipinski definition) is 4. The van der Waals surface area contributed by atoms with Gasteiger partial charge in [0.05, 0.1) is 5.51 Å². The number of aromatic hydroxyl groups is 1. The minimum atomic E-state index is -0.0978. The van der Waals surface area contributed by atoms with E-state index in [1.807, 2.05) is 0 Å². The summed E-state index contributed by atoms with van der Waals surface area (Å²) >= 11 is 1.40. The summed E-state index contributed by atoms with van der Waals surface area (Å²) in [5.41, 5.74) is 3.08. The maximum Gasteiger partial charge on any atom is 0.273 e. The molecular formula is C12H12N2O2S. The Morgan fingerprint density at radius 3 is 2.71 bits per heavy atom. The lowest BCUT2D eigenvalue weighted by Crippen LogP contribution is -2.26. The van der Waals surface area contributed by atoms with Gasteiger partial charge in [0, 0.05) is 19.0 Å². The number of aromatic nitrogens is 1. The summed E-state index contributed by atoms with van der Waals surface area (Å²) in [4.78, 5) is 17.5. The standard InChI is InChI=1S/C12H12N2O2S/c1-14(12(16)11-7-17-8-13-11)6-9-2-4-10(15)5-3-9/h2-5,7-8,15H,6H2,1H3. The van der Waals surface area contributed by atoms with Gasteiger partial charge < -0.3 is 10.0 Å². The summed E-state index contributed by atoms with van der Waals surface area (Å²) in [5.74, 6) is 0.126. The maximum absolute atomic E-state index is 11.9. The highest BCUT2D eigenvalue weighted by Gasteiger charge is 2.13. The summed E-state index contributed by atoms with van der Waals surface area (Å²) in [7, 11) is 1.73. The van der Waals surface area contributed by atoms with E-state index in [4.69, 9.17) is 5.11 Å². The second-order valence-electron chi connectivity index (χ2n) is 3.70. The van der Waals surface area contributed by atoms with Crippen LogP contribution in [0.1, 0.15) is 16.1 Å². The van der Waals surface area contributed by atoms with E-state index < -0.39 is 0 Å². The molecule has 0 bridgehead atoms. The lowest BCUT2D eigenvalue weighted by Gasteiger charge is -2.15. The fraction of sp³-hybridized carbons (Fsp3) is 0.167. The summed E-state index contributed by atoms with van der Waals surface area (Å²) in [6.07, 6.45) is 0. The zero-order chi connectivity index (χ0) is 12.3. The fourth-order valence-electron chi connectivity index (χ4n) is 1.46. The third-order valence-corrected chi connectivity index (χ3v) is 2.94. The molecule has 2 rings (SSSR count). The molecule has 0 atom stereocenters. The predicted molar refractivity (Wildman–Crippen MR) is 66.0 cm³/mol. The van der Waals surface area contributed by atoms with Gasteiger partial charge in [-0.1, -0.05) is 12.1 Å². The Morgan fingerprint density at radius 1 is 1.41 bits per heavy atom. The molecule has 17 heavy (non-hydrogen) atoms. The molecule has 0 saturated carbocycles. The van der Waals surface area contributed by atoms with Gasteiger partial charge in [0.2, 0.25) is 0 Å². The van der Waals surface area contributed by atoms with Crippen LogP contribution in [0.5, 0.6) is 5.75 Å². The van der Waals surface area contributed by atoms with E-state index >= 15 is 0 Å². The SMILES string of the molecule is CN(Cc1ccc(O)cc1)C(=O)c1cscn1. The molecule has 1 aromatic heterocycles. The van der Waals surface area contributed by atoms with E-state index in [2.05, 4.69) is 4.98 Å². The lowest BCUT2D eigenvalue weighted by atomic mass is 10.2. The lowest BCUT2D eigenvalue weighted by molar-refractivity contribution is 0.0780. The number of thiazole rings is 1. The number of phenols is 1. The molecule has 2 aromatic rings. The average Bonchev–Trinajstić information content (AvgIpc) is 2.84. The molecular weight excluding hydrogens is 236 g/mol. The number of carbonyl (C=O) groups is 1. The van der Waals surface area contributed by atoms with Crippen LogP contribution in [-0.2, 0) is 6.54 Å². The molecule has 4 nitrogen and oxygen atoms in total. The van der Waals surface area contributed by atoms with Crippen LogP contribution in [0.3, 0.4) is 0 Å². The number of benzene rings is 1. The fourth-order valence-corrected chi connectivity index (χ4v) is 1.99. The zero-order valence-corrected chi connectivity index (χ0v) is 10.1. The Hall–Kier alpha value is -1.88. The monoisotopic (exact) mass is 248 g/mol. The van der Waals surface area contributed by atoms with Gasteiger partial charge in [-0.05, 0) is 17.7 Å². The Balaban J connectivity index is 2.04. The van der Waals surface area contributed by atoms with E-state index in [0.29, 0.717) is 12.2 Å². The van der Waals surface area contributed by atoms with Gasteiger partial charge in [-0.3, -0.25) is 4.79 Å². The highest BCUT2D eigenvalue weighted by molar-refractivity contribution is 7.07. The van der Waals surface area contributed by atoms with Crippen LogP contribution >= 0.6 is 11.3 Å². The second kappa shape index (κ2) is 4.97. The highest BCUT2D eigenvalue weighted by Crippen LogP contribution is 2.12. The summed E-state index contributed by atoms with van der Waals surface area (Å²) in [5, 5.41) is 10.9. The van der Waals surface area contributed by atoms with Crippen LogP contribution in [0, 0.1) is 0 Å². The highest BCUT2D eigenvalue weighted by atomic mass is 32.1. The van der Waals surface area contributed by atoms with Crippen LogP contribution < -0.4 is 0 Å². The predicted octanol–water partition coefficient (Wildman–Crippen LogP) is 2.12. The van der Waals surface area contributed by atoms with Crippen molar-refractivity contribution in [3.8, 4) is 5.75 Å². The quantitative estimate of drug-likeness (QED) is 0.905. The van der Waals surface area contributed by atoms with Crippen molar-refractivity contribution in [3.05, 3.63) is 46.4 Å². The molecule has 1 amide bonds. The number of rotatable bonds is 3. The van der Waals surface area contributed by atoms with Crippen LogP contribution in [0.4, 0.5) is 0 Å². The molecule has 0 aliphatic rings. The van der Waals surface area contributed by atoms with Gasteiger partial charge in [0.15, 0.2) is 0 Å². The van der Waals surface area contributed by atoms with Crippen molar-refractivity contribution in [1.82, 2.24) is 9.88 Å². The van der Waals surface area contributed by atoms with Gasteiger partial charge in [-0.2, -0.15) is 0 Å². The number of amides is 1. The van der Waals surface area contributed by atoms with Crippen molar-refractivity contribution >= 4 is 17.2 Å². The van der Waals surface area contributed by atoms with Gasteiger partial charge in [-0.15, -0.1) is 11.3 Å². The van der Waals surface area contributed by atoms with Crippen molar-refractivity contribution < 1.29 is 9.90 Å².